The molecule has 0 saturated heterocycles. The van der Waals surface area contributed by atoms with Gasteiger partial charge in [-0.15, -0.1) is 0 Å². The number of nitrogens with one attached hydrogen (secondary N) is 1. The summed E-state index contributed by atoms with van der Waals surface area (Å²) < 4.78 is 7.40. The van der Waals surface area contributed by atoms with E-state index in [0.717, 1.165) is 16.5 Å². The number of carbonyl (C=O) groups is 1. The Hall–Kier alpha value is -4.46. The maximum atomic E-state index is 12.1. The summed E-state index contributed by atoms with van der Waals surface area (Å²) in [5, 5.41) is 16.1. The number of ether oxygens (including phenoxy) is 1. The molecule has 1 amide bonds. The Morgan fingerprint density at radius 2 is 1.75 bits per heavy atom. The van der Waals surface area contributed by atoms with Crippen molar-refractivity contribution in [1.29, 1.82) is 0 Å². The third-order valence-corrected chi connectivity index (χ3v) is 4.83. The van der Waals surface area contributed by atoms with Crippen LogP contribution < -0.4 is 10.2 Å². The van der Waals surface area contributed by atoms with E-state index >= 15 is 0 Å². The van der Waals surface area contributed by atoms with Crippen molar-refractivity contribution in [3.05, 3.63) is 106 Å². The smallest absolute Gasteiger partial charge is 0.310 e. The number of rotatable bonds is 8. The monoisotopic (exact) mass is 428 g/mol. The quantitative estimate of drug-likeness (QED) is 0.259. The van der Waals surface area contributed by atoms with E-state index in [1.54, 1.807) is 12.3 Å². The van der Waals surface area contributed by atoms with Crippen molar-refractivity contribution in [3.8, 4) is 5.75 Å². The standard InChI is InChI=1S/C24H20N4O4/c29-24(17-32-23-13-7-6-12-22(23)28(30)31)26-25-14-19-16-27(15-18-8-2-1-3-9-18)21-11-5-4-10-20(19)21/h1-14,16H,15,17H2,(H,26,29). The van der Waals surface area contributed by atoms with Crippen molar-refractivity contribution in [2.75, 3.05) is 6.61 Å². The fourth-order valence-corrected chi connectivity index (χ4v) is 3.37. The lowest BCUT2D eigenvalue weighted by molar-refractivity contribution is -0.385. The maximum absolute atomic E-state index is 12.1. The summed E-state index contributed by atoms with van der Waals surface area (Å²) in [5.41, 5.74) is 5.30. The minimum atomic E-state index is -0.559. The van der Waals surface area contributed by atoms with Gasteiger partial charge in [-0.3, -0.25) is 14.9 Å². The van der Waals surface area contributed by atoms with Gasteiger partial charge in [-0.2, -0.15) is 5.10 Å². The maximum Gasteiger partial charge on any atom is 0.310 e. The lowest BCUT2D eigenvalue weighted by atomic mass is 10.2. The first-order valence-electron chi connectivity index (χ1n) is 9.92. The van der Waals surface area contributed by atoms with E-state index in [1.165, 1.54) is 23.8 Å². The first kappa shape index (κ1) is 20.8. The largest absolute Gasteiger partial charge is 0.477 e. The predicted molar refractivity (Wildman–Crippen MR) is 122 cm³/mol. The fourth-order valence-electron chi connectivity index (χ4n) is 3.37. The number of amides is 1. The molecule has 160 valence electrons. The molecule has 0 unspecified atom stereocenters. The fraction of sp³-hybridized carbons (Fsp3) is 0.0833. The topological polar surface area (TPSA) is 98.8 Å². The highest BCUT2D eigenvalue weighted by Crippen LogP contribution is 2.25. The van der Waals surface area contributed by atoms with E-state index in [4.69, 9.17) is 4.74 Å². The molecular formula is C24H20N4O4. The number of para-hydroxylation sites is 3. The summed E-state index contributed by atoms with van der Waals surface area (Å²) in [6, 6.07) is 24.0. The van der Waals surface area contributed by atoms with Crippen LogP contribution in [-0.2, 0) is 11.3 Å². The SMILES string of the molecule is O=C(COc1ccccc1[N+](=O)[O-])NN=Cc1cn(Cc2ccccc2)c2ccccc12. The highest BCUT2D eigenvalue weighted by atomic mass is 16.6. The summed E-state index contributed by atoms with van der Waals surface area (Å²) in [4.78, 5) is 22.5. The first-order chi connectivity index (χ1) is 15.6. The molecule has 4 aromatic rings. The molecule has 1 heterocycles. The second-order valence-corrected chi connectivity index (χ2v) is 7.02. The number of fused-ring (bicyclic) bond motifs is 1. The number of nitro groups is 1. The van der Waals surface area contributed by atoms with E-state index in [2.05, 4.69) is 27.2 Å². The van der Waals surface area contributed by atoms with Crippen molar-refractivity contribution in [2.24, 2.45) is 5.10 Å². The lowest BCUT2D eigenvalue weighted by Crippen LogP contribution is -2.24. The van der Waals surface area contributed by atoms with Crippen molar-refractivity contribution < 1.29 is 14.5 Å². The van der Waals surface area contributed by atoms with Gasteiger partial charge in [0.1, 0.15) is 0 Å². The van der Waals surface area contributed by atoms with Crippen LogP contribution in [0.4, 0.5) is 5.69 Å². The molecule has 0 aliphatic rings. The summed E-state index contributed by atoms with van der Waals surface area (Å²) in [6.07, 6.45) is 3.56. The summed E-state index contributed by atoms with van der Waals surface area (Å²) in [7, 11) is 0. The second kappa shape index (κ2) is 9.57. The van der Waals surface area contributed by atoms with Crippen LogP contribution in [0.15, 0.2) is 90.2 Å². The summed E-state index contributed by atoms with van der Waals surface area (Å²) >= 11 is 0. The predicted octanol–water partition coefficient (Wildman–Crippen LogP) is 4.13. The molecular weight excluding hydrogens is 408 g/mol. The minimum Gasteiger partial charge on any atom is -0.477 e. The highest BCUT2D eigenvalue weighted by molar-refractivity contribution is 5.99. The molecule has 0 radical (unpaired) electrons. The van der Waals surface area contributed by atoms with Crippen LogP contribution in [0, 0.1) is 10.1 Å². The Morgan fingerprint density at radius 3 is 2.56 bits per heavy atom. The average Bonchev–Trinajstić information content (AvgIpc) is 3.16. The van der Waals surface area contributed by atoms with Crippen LogP contribution in [0.25, 0.3) is 10.9 Å². The van der Waals surface area contributed by atoms with Crippen LogP contribution in [0.1, 0.15) is 11.1 Å². The van der Waals surface area contributed by atoms with Crippen molar-refractivity contribution in [3.63, 3.8) is 0 Å². The number of nitrogens with zero attached hydrogens (tertiary/aromatic N) is 3. The molecule has 0 aliphatic carbocycles. The molecule has 1 N–H and O–H groups in total. The van der Waals surface area contributed by atoms with Gasteiger partial charge in [-0.25, -0.2) is 5.43 Å². The molecule has 0 aliphatic heterocycles. The van der Waals surface area contributed by atoms with Crippen LogP contribution in [0.5, 0.6) is 5.75 Å². The van der Waals surface area contributed by atoms with E-state index < -0.39 is 17.4 Å². The van der Waals surface area contributed by atoms with Crippen LogP contribution in [0.3, 0.4) is 0 Å². The average molecular weight is 428 g/mol. The van der Waals surface area contributed by atoms with Crippen molar-refractivity contribution in [1.82, 2.24) is 9.99 Å². The number of nitro benzene ring substituents is 1. The van der Waals surface area contributed by atoms with Crippen LogP contribution in [-0.4, -0.2) is 28.2 Å². The van der Waals surface area contributed by atoms with Gasteiger partial charge in [0.2, 0.25) is 0 Å². The van der Waals surface area contributed by atoms with Gasteiger partial charge in [0, 0.05) is 35.3 Å². The first-order valence-corrected chi connectivity index (χ1v) is 9.92. The molecule has 8 heteroatoms. The summed E-state index contributed by atoms with van der Waals surface area (Å²) in [6.45, 7) is 0.323. The summed E-state index contributed by atoms with van der Waals surface area (Å²) in [5.74, 6) is -0.493. The van der Waals surface area contributed by atoms with Crippen molar-refractivity contribution >= 4 is 28.7 Å². The Kier molecular flexibility index (Phi) is 6.22. The van der Waals surface area contributed by atoms with E-state index in [9.17, 15) is 14.9 Å². The van der Waals surface area contributed by atoms with Crippen molar-refractivity contribution in [2.45, 2.75) is 6.54 Å². The minimum absolute atomic E-state index is 0.0283. The number of hydrogen-bond acceptors (Lipinski definition) is 5. The highest BCUT2D eigenvalue weighted by Gasteiger charge is 2.14. The molecule has 0 atom stereocenters. The van der Waals surface area contributed by atoms with Gasteiger partial charge in [-0.1, -0.05) is 60.7 Å². The molecule has 3 aromatic carbocycles. The third kappa shape index (κ3) is 4.81. The Bertz CT molecular complexity index is 1280. The molecule has 32 heavy (non-hydrogen) atoms. The van der Waals surface area contributed by atoms with Gasteiger partial charge >= 0.3 is 5.69 Å². The second-order valence-electron chi connectivity index (χ2n) is 7.02. The number of hydrogen-bond donors (Lipinski definition) is 1. The molecule has 0 spiro atoms. The molecule has 0 bridgehead atoms. The normalized spacial score (nSPS) is 11.0. The Morgan fingerprint density at radius 1 is 1.03 bits per heavy atom. The van der Waals surface area contributed by atoms with E-state index in [-0.39, 0.29) is 11.4 Å². The number of hydrazone groups is 1. The van der Waals surface area contributed by atoms with E-state index in [0.29, 0.717) is 6.54 Å². The van der Waals surface area contributed by atoms with Gasteiger partial charge < -0.3 is 9.30 Å². The number of carbonyl (C=O) groups excluding carboxylic acids is 1. The number of benzene rings is 3. The molecule has 1 aromatic heterocycles. The number of aromatic nitrogens is 1. The molecule has 8 nitrogen and oxygen atoms in total. The van der Waals surface area contributed by atoms with Gasteiger partial charge in [-0.05, 0) is 17.7 Å². The Labute approximate surface area is 183 Å². The van der Waals surface area contributed by atoms with Gasteiger partial charge in [0.15, 0.2) is 12.4 Å². The lowest BCUT2D eigenvalue weighted by Gasteiger charge is -2.05. The van der Waals surface area contributed by atoms with E-state index in [1.807, 2.05) is 48.7 Å². The zero-order chi connectivity index (χ0) is 22.3. The molecule has 0 saturated carbocycles. The zero-order valence-electron chi connectivity index (χ0n) is 17.0. The Balaban J connectivity index is 1.43. The van der Waals surface area contributed by atoms with Gasteiger partial charge in [0.05, 0.1) is 11.1 Å². The van der Waals surface area contributed by atoms with Crippen LogP contribution >= 0.6 is 0 Å². The van der Waals surface area contributed by atoms with Crippen LogP contribution in [0.2, 0.25) is 0 Å². The third-order valence-electron chi connectivity index (χ3n) is 4.83. The molecule has 0 fully saturated rings. The zero-order valence-corrected chi connectivity index (χ0v) is 17.0. The molecule has 4 rings (SSSR count). The van der Waals surface area contributed by atoms with Gasteiger partial charge in [0.25, 0.3) is 5.91 Å².